The zero-order valence-electron chi connectivity index (χ0n) is 12.8. The summed E-state index contributed by atoms with van der Waals surface area (Å²) in [4.78, 5) is 48.0. The first-order chi connectivity index (χ1) is 11.8. The number of carboxylic acids is 2. The Morgan fingerprint density at radius 3 is 1.64 bits per heavy atom. The first-order valence-corrected chi connectivity index (χ1v) is 6.97. The SMILES string of the molecule is [B]c1cc2c(cc1OC)C(=O)c1cc(C(=O)O)c(C(=O)O)cc1C2=O. The quantitative estimate of drug-likeness (QED) is 0.675. The molecule has 0 saturated carbocycles. The minimum absolute atomic E-state index is 0.00946. The third-order valence-corrected chi connectivity index (χ3v) is 3.97. The van der Waals surface area contributed by atoms with Gasteiger partial charge in [-0.2, -0.15) is 0 Å². The first-order valence-electron chi connectivity index (χ1n) is 6.97. The Hall–Kier alpha value is -3.42. The zero-order valence-corrected chi connectivity index (χ0v) is 12.8. The molecule has 2 aromatic carbocycles. The maximum atomic E-state index is 12.7. The van der Waals surface area contributed by atoms with Gasteiger partial charge in [-0.3, -0.25) is 9.59 Å². The van der Waals surface area contributed by atoms with Crippen LogP contribution in [0.1, 0.15) is 52.6 Å². The van der Waals surface area contributed by atoms with Gasteiger partial charge in [0.2, 0.25) is 0 Å². The second kappa shape index (κ2) is 5.59. The van der Waals surface area contributed by atoms with Crippen molar-refractivity contribution in [1.82, 2.24) is 0 Å². The number of ether oxygens (including phenoxy) is 1. The van der Waals surface area contributed by atoms with Crippen LogP contribution in [-0.2, 0) is 0 Å². The molecule has 0 amide bonds. The fourth-order valence-corrected chi connectivity index (χ4v) is 2.77. The summed E-state index contributed by atoms with van der Waals surface area (Å²) >= 11 is 0. The Kier molecular flexibility index (Phi) is 3.68. The lowest BCUT2D eigenvalue weighted by atomic mass is 9.79. The van der Waals surface area contributed by atoms with Crippen molar-refractivity contribution < 1.29 is 34.1 Å². The number of carboxylic acid groups (broad SMARTS) is 2. The summed E-state index contributed by atoms with van der Waals surface area (Å²) in [5.41, 5.74) is -1.32. The Morgan fingerprint density at radius 2 is 1.24 bits per heavy atom. The van der Waals surface area contributed by atoms with Crippen LogP contribution in [-0.4, -0.2) is 48.7 Å². The zero-order chi connectivity index (χ0) is 18.5. The Bertz CT molecular complexity index is 991. The molecule has 0 unspecified atom stereocenters. The van der Waals surface area contributed by atoms with Gasteiger partial charge in [-0.25, -0.2) is 9.59 Å². The molecule has 0 bridgehead atoms. The van der Waals surface area contributed by atoms with Crippen molar-refractivity contribution in [2.45, 2.75) is 0 Å². The molecule has 2 aromatic rings. The lowest BCUT2D eigenvalue weighted by Gasteiger charge is -2.20. The molecular formula is C17H9BO7. The highest BCUT2D eigenvalue weighted by atomic mass is 16.5. The summed E-state index contributed by atoms with van der Waals surface area (Å²) in [5.74, 6) is -4.05. The molecule has 0 heterocycles. The largest absolute Gasteiger partial charge is 0.497 e. The number of carbonyl (C=O) groups is 4. The van der Waals surface area contributed by atoms with E-state index in [1.54, 1.807) is 0 Å². The van der Waals surface area contributed by atoms with Gasteiger partial charge in [0.05, 0.1) is 18.2 Å². The van der Waals surface area contributed by atoms with Gasteiger partial charge in [0.25, 0.3) is 0 Å². The molecule has 1 aliphatic carbocycles. The topological polar surface area (TPSA) is 118 Å². The van der Waals surface area contributed by atoms with E-state index in [2.05, 4.69) is 0 Å². The Labute approximate surface area is 142 Å². The van der Waals surface area contributed by atoms with Crippen molar-refractivity contribution >= 4 is 36.8 Å². The molecule has 25 heavy (non-hydrogen) atoms. The van der Waals surface area contributed by atoms with Crippen LogP contribution < -0.4 is 10.2 Å². The van der Waals surface area contributed by atoms with Gasteiger partial charge in [-0.1, -0.05) is 11.5 Å². The summed E-state index contributed by atoms with van der Waals surface area (Å²) in [6, 6.07) is 4.40. The summed E-state index contributed by atoms with van der Waals surface area (Å²) < 4.78 is 5.03. The minimum atomic E-state index is -1.51. The van der Waals surface area contributed by atoms with Crippen LogP contribution in [0.3, 0.4) is 0 Å². The smallest absolute Gasteiger partial charge is 0.336 e. The standard InChI is InChI=1S/C17H9BO7/c1-25-13-5-9-8(4-12(13)18)14(19)6-2-10(16(21)22)11(17(23)24)3-7(6)15(9)20/h2-5H,1H3,(H,21,22)(H,23,24). The predicted molar refractivity (Wildman–Crippen MR) is 85.6 cm³/mol. The first kappa shape index (κ1) is 16.4. The number of fused-ring (bicyclic) bond motifs is 2. The van der Waals surface area contributed by atoms with Crippen molar-refractivity contribution in [1.29, 1.82) is 0 Å². The molecule has 0 aliphatic heterocycles. The predicted octanol–water partition coefficient (Wildman–Crippen LogP) is 0.661. The summed E-state index contributed by atoms with van der Waals surface area (Å²) in [5, 5.41) is 18.4. The third kappa shape index (κ3) is 2.39. The number of benzene rings is 2. The number of carbonyl (C=O) groups excluding carboxylic acids is 2. The second-order valence-electron chi connectivity index (χ2n) is 5.35. The molecule has 2 N–H and O–H groups in total. The van der Waals surface area contributed by atoms with E-state index in [-0.39, 0.29) is 33.5 Å². The van der Waals surface area contributed by atoms with Crippen molar-refractivity contribution in [3.8, 4) is 5.75 Å². The van der Waals surface area contributed by atoms with Crippen molar-refractivity contribution in [2.75, 3.05) is 7.11 Å². The summed E-state index contributed by atoms with van der Waals surface area (Å²) in [6.45, 7) is 0. The van der Waals surface area contributed by atoms with E-state index in [1.165, 1.54) is 19.2 Å². The number of hydrogen-bond donors (Lipinski definition) is 2. The molecule has 8 heteroatoms. The molecule has 0 saturated heterocycles. The van der Waals surface area contributed by atoms with Crippen molar-refractivity contribution in [3.05, 3.63) is 57.6 Å². The maximum absolute atomic E-state index is 12.7. The highest BCUT2D eigenvalue weighted by Gasteiger charge is 2.33. The number of rotatable bonds is 3. The minimum Gasteiger partial charge on any atom is -0.497 e. The average Bonchev–Trinajstić information content (AvgIpc) is 2.58. The summed E-state index contributed by atoms with van der Waals surface area (Å²) in [6.07, 6.45) is 0. The molecule has 2 radical (unpaired) electrons. The van der Waals surface area contributed by atoms with Crippen LogP contribution in [0.5, 0.6) is 5.75 Å². The van der Waals surface area contributed by atoms with Crippen molar-refractivity contribution in [3.63, 3.8) is 0 Å². The fourth-order valence-electron chi connectivity index (χ4n) is 2.77. The Morgan fingerprint density at radius 1 is 0.840 bits per heavy atom. The molecule has 0 aromatic heterocycles. The molecule has 7 nitrogen and oxygen atoms in total. The molecule has 1 aliphatic rings. The number of ketones is 2. The van der Waals surface area contributed by atoms with E-state index >= 15 is 0 Å². The second-order valence-corrected chi connectivity index (χ2v) is 5.35. The van der Waals surface area contributed by atoms with E-state index in [9.17, 15) is 29.4 Å². The van der Waals surface area contributed by atoms with Crippen molar-refractivity contribution in [2.24, 2.45) is 0 Å². The van der Waals surface area contributed by atoms with Gasteiger partial charge in [-0.05, 0) is 18.2 Å². The molecule has 0 spiro atoms. The molecular weight excluding hydrogens is 327 g/mol. The molecule has 122 valence electrons. The van der Waals surface area contributed by atoms with E-state index in [0.29, 0.717) is 0 Å². The van der Waals surface area contributed by atoms with Crippen LogP contribution in [0.15, 0.2) is 24.3 Å². The highest BCUT2D eigenvalue weighted by Crippen LogP contribution is 2.31. The van der Waals surface area contributed by atoms with Crippen LogP contribution in [0.25, 0.3) is 0 Å². The molecule has 0 fully saturated rings. The molecule has 0 atom stereocenters. The van der Waals surface area contributed by atoms with Gasteiger partial charge >= 0.3 is 11.9 Å². The van der Waals surface area contributed by atoms with Crippen LogP contribution in [0.4, 0.5) is 0 Å². The van der Waals surface area contributed by atoms with Crippen LogP contribution >= 0.6 is 0 Å². The lowest BCUT2D eigenvalue weighted by Crippen LogP contribution is -2.25. The van der Waals surface area contributed by atoms with Gasteiger partial charge in [0.15, 0.2) is 11.6 Å². The molecule has 3 rings (SSSR count). The fraction of sp³-hybridized carbons (Fsp3) is 0.0588. The van der Waals surface area contributed by atoms with Gasteiger partial charge < -0.3 is 14.9 Å². The number of hydrogen-bond acceptors (Lipinski definition) is 5. The summed E-state index contributed by atoms with van der Waals surface area (Å²) in [7, 11) is 7.11. The lowest BCUT2D eigenvalue weighted by molar-refractivity contribution is 0.0651. The van der Waals surface area contributed by atoms with E-state index in [1.807, 2.05) is 0 Å². The van der Waals surface area contributed by atoms with E-state index in [4.69, 9.17) is 12.6 Å². The van der Waals surface area contributed by atoms with Gasteiger partial charge in [0.1, 0.15) is 13.6 Å². The normalized spacial score (nSPS) is 12.4. The van der Waals surface area contributed by atoms with E-state index < -0.39 is 34.6 Å². The van der Waals surface area contributed by atoms with Gasteiger partial charge in [0, 0.05) is 22.3 Å². The third-order valence-electron chi connectivity index (χ3n) is 3.97. The highest BCUT2D eigenvalue weighted by molar-refractivity contribution is 6.37. The van der Waals surface area contributed by atoms with Gasteiger partial charge in [-0.15, -0.1) is 0 Å². The monoisotopic (exact) mass is 336 g/mol. The van der Waals surface area contributed by atoms with Crippen LogP contribution in [0, 0.1) is 0 Å². The average molecular weight is 336 g/mol. The van der Waals surface area contributed by atoms with E-state index in [0.717, 1.165) is 12.1 Å². The Balaban J connectivity index is 2.32. The number of aromatic carboxylic acids is 2. The maximum Gasteiger partial charge on any atom is 0.336 e. The number of methoxy groups -OCH3 is 1. The van der Waals surface area contributed by atoms with Crippen LogP contribution in [0.2, 0.25) is 0 Å².